The molecule has 1 saturated heterocycles. The number of hydrogen-bond acceptors (Lipinski definition) is 6. The SMILES string of the molecule is Nc1ccccc1NC(=O)c1ccc(CN2CC(COc3ccc([C@H]4C[C@@H]4N)cc3)OC2=O)cc1. The minimum atomic E-state index is -0.377. The van der Waals surface area contributed by atoms with Crippen molar-refractivity contribution in [2.24, 2.45) is 5.73 Å². The minimum Gasteiger partial charge on any atom is -0.490 e. The Morgan fingerprint density at radius 3 is 2.46 bits per heavy atom. The molecule has 0 radical (unpaired) electrons. The fourth-order valence-corrected chi connectivity index (χ4v) is 4.18. The second kappa shape index (κ2) is 9.68. The number of ether oxygens (including phenoxy) is 2. The number of nitrogens with one attached hydrogen (secondary N) is 1. The van der Waals surface area contributed by atoms with Crippen LogP contribution in [0.2, 0.25) is 0 Å². The van der Waals surface area contributed by atoms with Gasteiger partial charge in [-0.1, -0.05) is 36.4 Å². The minimum absolute atomic E-state index is 0.250. The highest BCUT2D eigenvalue weighted by atomic mass is 16.6. The highest BCUT2D eigenvalue weighted by molar-refractivity contribution is 6.05. The van der Waals surface area contributed by atoms with Crippen molar-refractivity contribution in [1.82, 2.24) is 4.90 Å². The normalized spacial score (nSPS) is 20.9. The van der Waals surface area contributed by atoms with E-state index in [0.29, 0.717) is 35.9 Å². The van der Waals surface area contributed by atoms with Gasteiger partial charge in [0, 0.05) is 24.1 Å². The summed E-state index contributed by atoms with van der Waals surface area (Å²) in [7, 11) is 0. The molecular weight excluding hydrogens is 444 g/mol. The molecule has 3 aromatic carbocycles. The maximum atomic E-state index is 12.5. The summed E-state index contributed by atoms with van der Waals surface area (Å²) in [5.74, 6) is 0.948. The number of nitrogens with zero attached hydrogens (tertiary/aromatic N) is 1. The molecule has 1 aliphatic heterocycles. The summed E-state index contributed by atoms with van der Waals surface area (Å²) in [5.41, 5.74) is 15.5. The first-order valence-electron chi connectivity index (χ1n) is 11.6. The van der Waals surface area contributed by atoms with Crippen LogP contribution in [0, 0.1) is 0 Å². The topological polar surface area (TPSA) is 120 Å². The van der Waals surface area contributed by atoms with Gasteiger partial charge in [0.15, 0.2) is 6.10 Å². The lowest BCUT2D eigenvalue weighted by molar-refractivity contribution is 0.102. The van der Waals surface area contributed by atoms with Crippen molar-refractivity contribution < 1.29 is 19.1 Å². The largest absolute Gasteiger partial charge is 0.490 e. The van der Waals surface area contributed by atoms with Crippen LogP contribution >= 0.6 is 0 Å². The highest BCUT2D eigenvalue weighted by Gasteiger charge is 2.35. The Bertz CT molecular complexity index is 1210. The van der Waals surface area contributed by atoms with E-state index in [1.54, 1.807) is 29.2 Å². The van der Waals surface area contributed by atoms with E-state index in [2.05, 4.69) is 5.32 Å². The van der Waals surface area contributed by atoms with E-state index in [4.69, 9.17) is 20.9 Å². The van der Waals surface area contributed by atoms with Gasteiger partial charge in [0.2, 0.25) is 0 Å². The van der Waals surface area contributed by atoms with Gasteiger partial charge in [-0.3, -0.25) is 4.79 Å². The number of amides is 2. The van der Waals surface area contributed by atoms with Gasteiger partial charge in [-0.05, 0) is 53.9 Å². The molecule has 5 N–H and O–H groups in total. The van der Waals surface area contributed by atoms with Gasteiger partial charge in [-0.2, -0.15) is 0 Å². The molecule has 35 heavy (non-hydrogen) atoms. The first kappa shape index (κ1) is 22.7. The van der Waals surface area contributed by atoms with Crippen molar-refractivity contribution in [2.45, 2.75) is 31.0 Å². The number of benzene rings is 3. The van der Waals surface area contributed by atoms with Gasteiger partial charge < -0.3 is 31.2 Å². The molecule has 8 heteroatoms. The van der Waals surface area contributed by atoms with Crippen LogP contribution in [-0.2, 0) is 11.3 Å². The van der Waals surface area contributed by atoms with E-state index in [9.17, 15) is 9.59 Å². The molecule has 8 nitrogen and oxygen atoms in total. The fourth-order valence-electron chi connectivity index (χ4n) is 4.18. The summed E-state index contributed by atoms with van der Waals surface area (Å²) in [6.07, 6.45) is 0.311. The van der Waals surface area contributed by atoms with E-state index < -0.39 is 0 Å². The first-order chi connectivity index (χ1) is 17.0. The van der Waals surface area contributed by atoms with E-state index in [0.717, 1.165) is 17.7 Å². The highest BCUT2D eigenvalue weighted by Crippen LogP contribution is 2.39. The zero-order valence-corrected chi connectivity index (χ0v) is 19.2. The van der Waals surface area contributed by atoms with Gasteiger partial charge in [0.05, 0.1) is 17.9 Å². The number of carbonyl (C=O) groups is 2. The monoisotopic (exact) mass is 472 g/mol. The van der Waals surface area contributed by atoms with Crippen LogP contribution in [0.25, 0.3) is 0 Å². The van der Waals surface area contributed by atoms with Crippen LogP contribution in [0.15, 0.2) is 72.8 Å². The van der Waals surface area contributed by atoms with Crippen molar-refractivity contribution in [1.29, 1.82) is 0 Å². The zero-order valence-electron chi connectivity index (χ0n) is 19.2. The molecule has 5 rings (SSSR count). The van der Waals surface area contributed by atoms with E-state index >= 15 is 0 Å². The average molecular weight is 473 g/mol. The summed E-state index contributed by atoms with van der Waals surface area (Å²) < 4.78 is 11.3. The van der Waals surface area contributed by atoms with Crippen LogP contribution in [0.5, 0.6) is 5.75 Å². The summed E-state index contributed by atoms with van der Waals surface area (Å²) in [5, 5.41) is 2.80. The molecule has 0 bridgehead atoms. The van der Waals surface area contributed by atoms with Gasteiger partial charge >= 0.3 is 6.09 Å². The van der Waals surface area contributed by atoms with Crippen molar-refractivity contribution in [3.05, 3.63) is 89.5 Å². The zero-order chi connectivity index (χ0) is 24.4. The second-order valence-electron chi connectivity index (χ2n) is 9.01. The molecule has 2 aliphatic rings. The molecule has 1 aliphatic carbocycles. The third-order valence-corrected chi connectivity index (χ3v) is 6.33. The Balaban J connectivity index is 1.11. The van der Waals surface area contributed by atoms with Crippen molar-refractivity contribution in [2.75, 3.05) is 24.2 Å². The van der Waals surface area contributed by atoms with Crippen LogP contribution in [0.3, 0.4) is 0 Å². The van der Waals surface area contributed by atoms with Crippen molar-refractivity contribution in [3.8, 4) is 5.75 Å². The van der Waals surface area contributed by atoms with Crippen LogP contribution in [0.1, 0.15) is 33.8 Å². The van der Waals surface area contributed by atoms with Crippen LogP contribution in [-0.4, -0.2) is 42.2 Å². The lowest BCUT2D eigenvalue weighted by Gasteiger charge is -2.14. The molecule has 2 fully saturated rings. The Morgan fingerprint density at radius 2 is 1.77 bits per heavy atom. The second-order valence-corrected chi connectivity index (χ2v) is 9.01. The number of nitrogen functional groups attached to an aromatic ring is 1. The van der Waals surface area contributed by atoms with E-state index in [1.165, 1.54) is 5.56 Å². The number of nitrogens with two attached hydrogens (primary N) is 2. The lowest BCUT2D eigenvalue weighted by atomic mass is 10.1. The third kappa shape index (κ3) is 5.38. The number of para-hydroxylation sites is 2. The molecule has 3 aromatic rings. The first-order valence-corrected chi connectivity index (χ1v) is 11.6. The molecule has 0 aromatic heterocycles. The average Bonchev–Trinajstić information content (AvgIpc) is 3.50. The predicted molar refractivity (Wildman–Crippen MR) is 133 cm³/mol. The molecule has 1 saturated carbocycles. The Morgan fingerprint density at radius 1 is 1.06 bits per heavy atom. The number of cyclic esters (lactones) is 1. The molecule has 3 atom stereocenters. The Kier molecular flexibility index (Phi) is 6.29. The Hall–Kier alpha value is -4.04. The molecule has 1 unspecified atom stereocenters. The van der Waals surface area contributed by atoms with Gasteiger partial charge in [-0.25, -0.2) is 4.79 Å². The summed E-state index contributed by atoms with van der Waals surface area (Å²) in [6.45, 7) is 1.11. The van der Waals surface area contributed by atoms with Gasteiger partial charge in [-0.15, -0.1) is 0 Å². The number of carbonyl (C=O) groups excluding carboxylic acids is 2. The molecule has 2 amide bonds. The fraction of sp³-hybridized carbons (Fsp3) is 0.259. The van der Waals surface area contributed by atoms with Gasteiger partial charge in [0.25, 0.3) is 5.91 Å². The molecular formula is C27H28N4O4. The number of hydrogen-bond donors (Lipinski definition) is 3. The van der Waals surface area contributed by atoms with Crippen molar-refractivity contribution >= 4 is 23.4 Å². The van der Waals surface area contributed by atoms with Crippen LogP contribution in [0.4, 0.5) is 16.2 Å². The summed E-state index contributed by atoms with van der Waals surface area (Å²) in [4.78, 5) is 26.5. The van der Waals surface area contributed by atoms with Crippen molar-refractivity contribution in [3.63, 3.8) is 0 Å². The smallest absolute Gasteiger partial charge is 0.410 e. The maximum Gasteiger partial charge on any atom is 0.410 e. The summed E-state index contributed by atoms with van der Waals surface area (Å²) in [6, 6.07) is 22.4. The summed E-state index contributed by atoms with van der Waals surface area (Å²) >= 11 is 0. The Labute approximate surface area is 203 Å². The third-order valence-electron chi connectivity index (χ3n) is 6.33. The number of anilines is 2. The lowest BCUT2D eigenvalue weighted by Crippen LogP contribution is -2.26. The predicted octanol–water partition coefficient (Wildman–Crippen LogP) is 3.74. The molecule has 0 spiro atoms. The quantitative estimate of drug-likeness (QED) is 0.430. The molecule has 180 valence electrons. The van der Waals surface area contributed by atoms with E-state index in [1.807, 2.05) is 48.5 Å². The number of rotatable bonds is 8. The standard InChI is InChI=1S/C27H28N4O4/c28-23-3-1-2-4-25(23)30-26(32)19-7-5-17(6-8-19)14-31-15-21(35-27(31)33)16-34-20-11-9-18(10-12-20)22-13-24(22)29/h1-12,21-22,24H,13-16,28-29H2,(H,30,32)/t21?,22-,24+/m1/s1. The van der Waals surface area contributed by atoms with Gasteiger partial charge in [0.1, 0.15) is 12.4 Å². The molecule has 1 heterocycles. The van der Waals surface area contributed by atoms with E-state index in [-0.39, 0.29) is 30.8 Å². The maximum absolute atomic E-state index is 12.5. The van der Waals surface area contributed by atoms with Crippen LogP contribution < -0.4 is 21.5 Å².